The standard InChI is InChI=1S/C18H17F3N5O7P/c19-12-11(27)15(26-7-23-10-13(26)24-17(22)25-14(10)28)32-18(12,16(20)21)6-31-34(29)30-5-8-3-1-2-4-9(8)33-34/h1-4,7,11-12,15-16,27H,5-6H2,(H3,22,24,25,28)/t11-,12-,15-,18-,34?/m1/s1. The molecule has 34 heavy (non-hydrogen) atoms. The van der Waals surface area contributed by atoms with Crippen LogP contribution in [-0.4, -0.2) is 55.5 Å². The number of anilines is 1. The van der Waals surface area contributed by atoms with Gasteiger partial charge in [-0.15, -0.1) is 0 Å². The number of H-pyrrole nitrogens is 1. The average molecular weight is 503 g/mol. The van der Waals surface area contributed by atoms with Crippen molar-refractivity contribution in [3.63, 3.8) is 0 Å². The molecule has 4 heterocycles. The molecule has 2 aromatic heterocycles. The number of nitrogens with zero attached hydrogens (tertiary/aromatic N) is 3. The van der Waals surface area contributed by atoms with Gasteiger partial charge in [0.2, 0.25) is 5.95 Å². The van der Waals surface area contributed by atoms with Crippen molar-refractivity contribution in [3.05, 3.63) is 46.5 Å². The maximum absolute atomic E-state index is 15.2. The first kappa shape index (κ1) is 22.8. The van der Waals surface area contributed by atoms with Gasteiger partial charge in [-0.2, -0.15) is 4.98 Å². The Morgan fingerprint density at radius 2 is 2.18 bits per heavy atom. The highest BCUT2D eigenvalue weighted by Crippen LogP contribution is 2.56. The first-order valence-corrected chi connectivity index (χ1v) is 11.3. The summed E-state index contributed by atoms with van der Waals surface area (Å²) in [7, 11) is -4.41. The lowest BCUT2D eigenvalue weighted by Crippen LogP contribution is -2.50. The van der Waals surface area contributed by atoms with E-state index in [9.17, 15) is 23.2 Å². The second kappa shape index (κ2) is 8.06. The summed E-state index contributed by atoms with van der Waals surface area (Å²) in [5, 5.41) is 10.4. The number of aromatic amines is 1. The lowest BCUT2D eigenvalue weighted by molar-refractivity contribution is -0.183. The molecule has 12 nitrogen and oxygen atoms in total. The number of ether oxygens (including phenoxy) is 1. The number of rotatable bonds is 5. The molecule has 1 unspecified atom stereocenters. The molecule has 5 atom stereocenters. The van der Waals surface area contributed by atoms with Crippen molar-refractivity contribution < 1.29 is 41.2 Å². The molecule has 16 heteroatoms. The Labute approximate surface area is 188 Å². The minimum atomic E-state index is -4.41. The number of fused-ring (bicyclic) bond motifs is 2. The van der Waals surface area contributed by atoms with Crippen LogP contribution in [0.15, 0.2) is 35.4 Å². The van der Waals surface area contributed by atoms with Crippen molar-refractivity contribution in [2.75, 3.05) is 12.3 Å². The summed E-state index contributed by atoms with van der Waals surface area (Å²) < 4.78 is 77.8. The zero-order valence-corrected chi connectivity index (χ0v) is 17.9. The van der Waals surface area contributed by atoms with Gasteiger partial charge in [0.1, 0.15) is 11.9 Å². The van der Waals surface area contributed by atoms with E-state index in [-0.39, 0.29) is 29.5 Å². The summed E-state index contributed by atoms with van der Waals surface area (Å²) in [6.07, 6.45) is -9.24. The van der Waals surface area contributed by atoms with E-state index in [4.69, 9.17) is 24.0 Å². The summed E-state index contributed by atoms with van der Waals surface area (Å²) in [5.74, 6) is -0.166. The van der Waals surface area contributed by atoms with Crippen LogP contribution in [-0.2, 0) is 25.0 Å². The van der Waals surface area contributed by atoms with Crippen molar-refractivity contribution in [3.8, 4) is 5.75 Å². The highest BCUT2D eigenvalue weighted by Gasteiger charge is 2.63. The summed E-state index contributed by atoms with van der Waals surface area (Å²) in [6.45, 7) is -1.48. The third kappa shape index (κ3) is 3.56. The number of alkyl halides is 3. The lowest BCUT2D eigenvalue weighted by Gasteiger charge is -2.32. The molecular formula is C18H17F3N5O7P. The quantitative estimate of drug-likeness (QED) is 0.436. The molecule has 1 saturated heterocycles. The minimum absolute atomic E-state index is 0.156. The number of nitrogens with two attached hydrogens (primary N) is 1. The molecule has 0 saturated carbocycles. The van der Waals surface area contributed by atoms with Crippen LogP contribution in [0.25, 0.3) is 11.2 Å². The lowest BCUT2D eigenvalue weighted by atomic mass is 9.98. The number of phosphoric ester groups is 1. The molecule has 0 spiro atoms. The summed E-state index contributed by atoms with van der Waals surface area (Å²) in [4.78, 5) is 21.8. The number of aliphatic hydroxyl groups is 1. The fourth-order valence-corrected chi connectivity index (χ4v) is 5.00. The van der Waals surface area contributed by atoms with Crippen LogP contribution < -0.4 is 15.8 Å². The third-order valence-electron chi connectivity index (χ3n) is 5.50. The molecule has 1 aromatic carbocycles. The van der Waals surface area contributed by atoms with Gasteiger partial charge >= 0.3 is 7.82 Å². The summed E-state index contributed by atoms with van der Waals surface area (Å²) in [5.41, 5.74) is 1.79. The SMILES string of the molecule is Nc1nc2c(ncn2[C@@H]2O[C@@](COP3(=O)OCc4ccccc4O3)(C(F)F)[C@H](F)[C@H]2O)c(=O)[nH]1. The Morgan fingerprint density at radius 1 is 1.41 bits per heavy atom. The molecule has 0 amide bonds. The fraction of sp³-hybridized carbons (Fsp3) is 0.389. The number of halogens is 3. The van der Waals surface area contributed by atoms with Crippen LogP contribution in [0.5, 0.6) is 5.75 Å². The molecule has 2 aliphatic heterocycles. The smallest absolute Gasteiger partial charge is 0.404 e. The average Bonchev–Trinajstić information content (AvgIpc) is 3.32. The largest absolute Gasteiger partial charge is 0.530 e. The van der Waals surface area contributed by atoms with Gasteiger partial charge in [-0.1, -0.05) is 18.2 Å². The summed E-state index contributed by atoms with van der Waals surface area (Å²) in [6, 6.07) is 6.39. The maximum atomic E-state index is 15.2. The van der Waals surface area contributed by atoms with Gasteiger partial charge in [0.05, 0.1) is 19.5 Å². The second-order valence-corrected chi connectivity index (χ2v) is 9.22. The molecule has 1 fully saturated rings. The van der Waals surface area contributed by atoms with E-state index in [1.807, 2.05) is 0 Å². The highest BCUT2D eigenvalue weighted by molar-refractivity contribution is 7.49. The number of para-hydroxylation sites is 1. The maximum Gasteiger partial charge on any atom is 0.530 e. The van der Waals surface area contributed by atoms with E-state index in [0.29, 0.717) is 5.56 Å². The number of imidazole rings is 1. The van der Waals surface area contributed by atoms with E-state index in [1.165, 1.54) is 6.07 Å². The monoisotopic (exact) mass is 503 g/mol. The molecule has 4 N–H and O–H groups in total. The fourth-order valence-electron chi connectivity index (χ4n) is 3.74. The Kier molecular flexibility index (Phi) is 5.41. The predicted octanol–water partition coefficient (Wildman–Crippen LogP) is 1.67. The first-order chi connectivity index (χ1) is 16.1. The van der Waals surface area contributed by atoms with E-state index < -0.39 is 50.5 Å². The van der Waals surface area contributed by atoms with Gasteiger partial charge in [0, 0.05) is 5.56 Å². The molecule has 5 rings (SSSR count). The van der Waals surface area contributed by atoms with E-state index >= 15 is 4.39 Å². The number of aromatic nitrogens is 4. The van der Waals surface area contributed by atoms with Gasteiger partial charge in [0.25, 0.3) is 12.0 Å². The van der Waals surface area contributed by atoms with Crippen LogP contribution in [0.3, 0.4) is 0 Å². The summed E-state index contributed by atoms with van der Waals surface area (Å²) >= 11 is 0. The van der Waals surface area contributed by atoms with Crippen molar-refractivity contribution in [2.24, 2.45) is 0 Å². The number of benzene rings is 1. The van der Waals surface area contributed by atoms with Crippen LogP contribution in [0, 0.1) is 0 Å². The molecule has 182 valence electrons. The molecule has 0 bridgehead atoms. The normalized spacial score (nSPS) is 31.0. The minimum Gasteiger partial charge on any atom is -0.404 e. The van der Waals surface area contributed by atoms with Crippen LogP contribution in [0.1, 0.15) is 11.8 Å². The van der Waals surface area contributed by atoms with Crippen molar-refractivity contribution in [1.29, 1.82) is 0 Å². The molecule has 0 radical (unpaired) electrons. The zero-order chi connectivity index (χ0) is 24.3. The van der Waals surface area contributed by atoms with Crippen LogP contribution in [0.4, 0.5) is 19.1 Å². The Balaban J connectivity index is 1.43. The first-order valence-electron chi connectivity index (χ1n) is 9.80. The van der Waals surface area contributed by atoms with E-state index in [1.54, 1.807) is 18.2 Å². The number of nitrogens with one attached hydrogen (secondary N) is 1. The van der Waals surface area contributed by atoms with Crippen LogP contribution >= 0.6 is 7.82 Å². The van der Waals surface area contributed by atoms with Crippen molar-refractivity contribution in [1.82, 2.24) is 19.5 Å². The molecular weight excluding hydrogens is 486 g/mol. The third-order valence-corrected chi connectivity index (χ3v) is 6.81. The van der Waals surface area contributed by atoms with Crippen molar-refractivity contribution in [2.45, 2.75) is 37.1 Å². The highest BCUT2D eigenvalue weighted by atomic mass is 31.2. The Bertz CT molecular complexity index is 1350. The Hall–Kier alpha value is -2.97. The molecule has 3 aromatic rings. The van der Waals surface area contributed by atoms with Gasteiger partial charge in [-0.3, -0.25) is 23.4 Å². The topological polar surface area (TPSA) is 164 Å². The zero-order valence-electron chi connectivity index (χ0n) is 17.0. The van der Waals surface area contributed by atoms with Gasteiger partial charge in [-0.05, 0) is 6.07 Å². The predicted molar refractivity (Wildman–Crippen MR) is 108 cm³/mol. The van der Waals surface area contributed by atoms with Gasteiger partial charge in [0.15, 0.2) is 29.2 Å². The number of hydrogen-bond acceptors (Lipinski definition) is 10. The van der Waals surface area contributed by atoms with Gasteiger partial charge in [-0.25, -0.2) is 22.7 Å². The number of aliphatic hydroxyl groups excluding tert-OH is 1. The van der Waals surface area contributed by atoms with E-state index in [0.717, 1.165) is 10.9 Å². The van der Waals surface area contributed by atoms with E-state index in [2.05, 4.69) is 15.0 Å². The van der Waals surface area contributed by atoms with Crippen LogP contribution in [0.2, 0.25) is 0 Å². The number of nitrogen functional groups attached to an aromatic ring is 1. The van der Waals surface area contributed by atoms with Gasteiger partial charge < -0.3 is 20.1 Å². The molecule has 2 aliphatic rings. The van der Waals surface area contributed by atoms with Crippen molar-refractivity contribution >= 4 is 24.9 Å². The number of hydrogen-bond donors (Lipinski definition) is 3. The Morgan fingerprint density at radius 3 is 2.94 bits per heavy atom. The number of phosphoric acid groups is 1. The molecule has 0 aliphatic carbocycles. The second-order valence-electron chi connectivity index (χ2n) is 7.62.